The predicted octanol–water partition coefficient (Wildman–Crippen LogP) is 1.74. The number of carbonyl (C=O) groups excluding carboxylic acids is 1. The highest BCUT2D eigenvalue weighted by Crippen LogP contribution is 2.28. The first-order chi connectivity index (χ1) is 9.67. The van der Waals surface area contributed by atoms with Crippen LogP contribution in [0.5, 0.6) is 5.75 Å². The molecule has 110 valence electrons. The molecule has 5 heteroatoms. The van der Waals surface area contributed by atoms with E-state index in [0.29, 0.717) is 19.7 Å². The topological polar surface area (TPSA) is 50.8 Å². The first-order valence-electron chi connectivity index (χ1n) is 6.96. The van der Waals surface area contributed by atoms with Gasteiger partial charge in [0, 0.05) is 13.7 Å². The van der Waals surface area contributed by atoms with Crippen molar-refractivity contribution >= 4 is 11.6 Å². The summed E-state index contributed by atoms with van der Waals surface area (Å²) in [5.74, 6) is 0.728. The van der Waals surface area contributed by atoms with E-state index in [1.165, 1.54) is 0 Å². The Morgan fingerprint density at radius 3 is 3.00 bits per heavy atom. The third-order valence-electron chi connectivity index (χ3n) is 3.47. The fourth-order valence-electron chi connectivity index (χ4n) is 2.45. The Morgan fingerprint density at radius 1 is 1.55 bits per heavy atom. The van der Waals surface area contributed by atoms with Crippen molar-refractivity contribution in [1.82, 2.24) is 4.90 Å². The molecule has 0 aromatic heterocycles. The normalized spacial score (nSPS) is 18.4. The van der Waals surface area contributed by atoms with Crippen LogP contribution in [-0.4, -0.2) is 49.8 Å². The van der Waals surface area contributed by atoms with Crippen molar-refractivity contribution in [2.75, 3.05) is 32.1 Å². The van der Waals surface area contributed by atoms with Crippen LogP contribution in [0.1, 0.15) is 13.8 Å². The van der Waals surface area contributed by atoms with Crippen LogP contribution in [0.15, 0.2) is 24.3 Å². The number of nitrogens with zero attached hydrogens (tertiary/aromatic N) is 1. The number of fused-ring (bicyclic) bond motifs is 1. The minimum absolute atomic E-state index is 0.000877. The zero-order valence-corrected chi connectivity index (χ0v) is 12.3. The Bertz CT molecular complexity index is 464. The van der Waals surface area contributed by atoms with E-state index in [9.17, 15) is 4.79 Å². The summed E-state index contributed by atoms with van der Waals surface area (Å²) in [7, 11) is 1.64. The zero-order valence-electron chi connectivity index (χ0n) is 12.3. The number of para-hydroxylation sites is 2. The minimum atomic E-state index is -0.482. The van der Waals surface area contributed by atoms with Gasteiger partial charge in [-0.15, -0.1) is 0 Å². The molecule has 1 N–H and O–H groups in total. The number of anilines is 1. The molecule has 1 amide bonds. The Kier molecular flexibility index (Phi) is 4.84. The third-order valence-corrected chi connectivity index (χ3v) is 3.47. The largest absolute Gasteiger partial charge is 0.477 e. The zero-order chi connectivity index (χ0) is 14.5. The van der Waals surface area contributed by atoms with Gasteiger partial charge in [0.2, 0.25) is 0 Å². The van der Waals surface area contributed by atoms with Gasteiger partial charge in [0.25, 0.3) is 5.91 Å². The van der Waals surface area contributed by atoms with E-state index in [4.69, 9.17) is 9.47 Å². The lowest BCUT2D eigenvalue weighted by Gasteiger charge is -2.33. The highest BCUT2D eigenvalue weighted by atomic mass is 16.5. The standard InChI is InChI=1S/C15H22N2O3/c1-4-17(11(2)10-19-3)15(18)14-9-16-12-7-5-6-8-13(12)20-14/h5-8,11,14,16H,4,9-10H2,1-3H3. The van der Waals surface area contributed by atoms with Gasteiger partial charge in [-0.3, -0.25) is 4.79 Å². The van der Waals surface area contributed by atoms with Crippen LogP contribution < -0.4 is 10.1 Å². The third kappa shape index (κ3) is 3.04. The first-order valence-corrected chi connectivity index (χ1v) is 6.96. The van der Waals surface area contributed by atoms with E-state index < -0.39 is 6.10 Å². The number of rotatable bonds is 5. The molecule has 0 saturated carbocycles. The molecule has 1 aromatic carbocycles. The fraction of sp³-hybridized carbons (Fsp3) is 0.533. The molecular formula is C15H22N2O3. The number of likely N-dealkylation sites (N-methyl/N-ethyl adjacent to an activating group) is 1. The SMILES string of the molecule is CCN(C(=O)C1CNc2ccccc2O1)C(C)COC. The van der Waals surface area contributed by atoms with Crippen LogP contribution in [0.25, 0.3) is 0 Å². The van der Waals surface area contributed by atoms with Crippen molar-refractivity contribution in [1.29, 1.82) is 0 Å². The van der Waals surface area contributed by atoms with E-state index in [1.54, 1.807) is 12.0 Å². The van der Waals surface area contributed by atoms with E-state index in [-0.39, 0.29) is 11.9 Å². The summed E-state index contributed by atoms with van der Waals surface area (Å²) in [5.41, 5.74) is 0.935. The van der Waals surface area contributed by atoms with Gasteiger partial charge in [0.1, 0.15) is 5.75 Å². The molecule has 0 spiro atoms. The van der Waals surface area contributed by atoms with Crippen molar-refractivity contribution < 1.29 is 14.3 Å². The second-order valence-corrected chi connectivity index (χ2v) is 4.91. The molecule has 2 rings (SSSR count). The van der Waals surface area contributed by atoms with Crippen molar-refractivity contribution in [2.24, 2.45) is 0 Å². The molecule has 0 fully saturated rings. The van der Waals surface area contributed by atoms with Crippen molar-refractivity contribution in [2.45, 2.75) is 26.0 Å². The van der Waals surface area contributed by atoms with E-state index in [1.807, 2.05) is 38.1 Å². The molecule has 1 heterocycles. The maximum absolute atomic E-state index is 12.6. The number of carbonyl (C=O) groups is 1. The molecule has 20 heavy (non-hydrogen) atoms. The van der Waals surface area contributed by atoms with E-state index in [2.05, 4.69) is 5.32 Å². The lowest BCUT2D eigenvalue weighted by molar-refractivity contribution is -0.141. The second kappa shape index (κ2) is 6.61. The molecule has 0 saturated heterocycles. The number of benzene rings is 1. The van der Waals surface area contributed by atoms with E-state index in [0.717, 1.165) is 11.4 Å². The molecule has 0 radical (unpaired) electrons. The Hall–Kier alpha value is -1.75. The number of ether oxygens (including phenoxy) is 2. The van der Waals surface area contributed by atoms with Crippen LogP contribution in [-0.2, 0) is 9.53 Å². The maximum Gasteiger partial charge on any atom is 0.265 e. The molecule has 5 nitrogen and oxygen atoms in total. The molecule has 0 aliphatic carbocycles. The summed E-state index contributed by atoms with van der Waals surface area (Å²) in [5, 5.41) is 3.24. The average Bonchev–Trinajstić information content (AvgIpc) is 2.47. The quantitative estimate of drug-likeness (QED) is 0.891. The van der Waals surface area contributed by atoms with Crippen molar-refractivity contribution in [3.63, 3.8) is 0 Å². The first kappa shape index (κ1) is 14.7. The highest BCUT2D eigenvalue weighted by Gasteiger charge is 2.31. The second-order valence-electron chi connectivity index (χ2n) is 4.91. The number of amides is 1. The van der Waals surface area contributed by atoms with Gasteiger partial charge in [0.05, 0.1) is 24.9 Å². The number of methoxy groups -OCH3 is 1. The van der Waals surface area contributed by atoms with E-state index >= 15 is 0 Å². The van der Waals surface area contributed by atoms with Crippen LogP contribution in [0.3, 0.4) is 0 Å². The Labute approximate surface area is 119 Å². The molecule has 0 bridgehead atoms. The van der Waals surface area contributed by atoms with Gasteiger partial charge in [-0.2, -0.15) is 0 Å². The minimum Gasteiger partial charge on any atom is -0.477 e. The number of nitrogens with one attached hydrogen (secondary N) is 1. The molecule has 2 atom stereocenters. The molecule has 1 aliphatic heterocycles. The molecule has 1 aliphatic rings. The highest BCUT2D eigenvalue weighted by molar-refractivity contribution is 5.83. The molecule has 2 unspecified atom stereocenters. The van der Waals surface area contributed by atoms with Gasteiger partial charge in [0.15, 0.2) is 6.10 Å². The van der Waals surface area contributed by atoms with Crippen LogP contribution in [0.4, 0.5) is 5.69 Å². The van der Waals surface area contributed by atoms with Crippen LogP contribution >= 0.6 is 0 Å². The lowest BCUT2D eigenvalue weighted by atomic mass is 10.2. The summed E-state index contributed by atoms with van der Waals surface area (Å²) in [6.07, 6.45) is -0.482. The number of hydrogen-bond acceptors (Lipinski definition) is 4. The van der Waals surface area contributed by atoms with Gasteiger partial charge >= 0.3 is 0 Å². The van der Waals surface area contributed by atoms with Gasteiger partial charge in [-0.25, -0.2) is 0 Å². The Balaban J connectivity index is 2.06. The number of hydrogen-bond donors (Lipinski definition) is 1. The van der Waals surface area contributed by atoms with Crippen LogP contribution in [0.2, 0.25) is 0 Å². The van der Waals surface area contributed by atoms with Gasteiger partial charge in [-0.05, 0) is 26.0 Å². The summed E-state index contributed by atoms with van der Waals surface area (Å²) >= 11 is 0. The van der Waals surface area contributed by atoms with Gasteiger partial charge < -0.3 is 19.7 Å². The summed E-state index contributed by atoms with van der Waals surface area (Å²) in [4.78, 5) is 14.4. The fourth-order valence-corrected chi connectivity index (χ4v) is 2.45. The average molecular weight is 278 g/mol. The molecule has 1 aromatic rings. The molecular weight excluding hydrogens is 256 g/mol. The lowest BCUT2D eigenvalue weighted by Crippen LogP contribution is -2.51. The smallest absolute Gasteiger partial charge is 0.265 e. The maximum atomic E-state index is 12.6. The van der Waals surface area contributed by atoms with Crippen LogP contribution in [0, 0.1) is 0 Å². The Morgan fingerprint density at radius 2 is 2.30 bits per heavy atom. The summed E-state index contributed by atoms with van der Waals surface area (Å²) < 4.78 is 10.9. The summed E-state index contributed by atoms with van der Waals surface area (Å²) in [6, 6.07) is 7.70. The van der Waals surface area contributed by atoms with Crippen molar-refractivity contribution in [3.05, 3.63) is 24.3 Å². The van der Waals surface area contributed by atoms with Crippen molar-refractivity contribution in [3.8, 4) is 5.75 Å². The predicted molar refractivity (Wildman–Crippen MR) is 78.1 cm³/mol. The summed E-state index contributed by atoms with van der Waals surface area (Å²) in [6.45, 7) is 5.61. The monoisotopic (exact) mass is 278 g/mol. The van der Waals surface area contributed by atoms with Gasteiger partial charge in [-0.1, -0.05) is 12.1 Å².